The quantitative estimate of drug-likeness (QED) is 0.789. The molecule has 0 radical (unpaired) electrons. The molecule has 4 rings (SSSR count). The molecule has 2 saturated heterocycles. The van der Waals surface area contributed by atoms with Crippen LogP contribution in [0, 0.1) is 5.92 Å². The first-order valence-electron chi connectivity index (χ1n) is 10.8. The molecule has 2 amide bonds. The highest BCUT2D eigenvalue weighted by Gasteiger charge is 2.27. The van der Waals surface area contributed by atoms with Crippen molar-refractivity contribution in [3.8, 4) is 5.75 Å². The molecular weight excluding hydrogens is 354 g/mol. The minimum absolute atomic E-state index is 0.0398. The third-order valence-corrected chi connectivity index (χ3v) is 6.20. The van der Waals surface area contributed by atoms with E-state index in [0.29, 0.717) is 30.7 Å². The van der Waals surface area contributed by atoms with Crippen LogP contribution in [0.15, 0.2) is 24.3 Å². The van der Waals surface area contributed by atoms with Crippen molar-refractivity contribution in [1.82, 2.24) is 15.5 Å². The van der Waals surface area contributed by atoms with Gasteiger partial charge in [-0.2, -0.15) is 0 Å². The zero-order valence-corrected chi connectivity index (χ0v) is 16.5. The molecule has 6 nitrogen and oxygen atoms in total. The summed E-state index contributed by atoms with van der Waals surface area (Å²) < 4.78 is 5.87. The molecule has 2 aliphatic heterocycles. The van der Waals surface area contributed by atoms with Gasteiger partial charge in [-0.1, -0.05) is 0 Å². The lowest BCUT2D eigenvalue weighted by atomic mass is 9.96. The molecule has 3 aliphatic rings. The van der Waals surface area contributed by atoms with Crippen LogP contribution in [0.2, 0.25) is 0 Å². The van der Waals surface area contributed by atoms with Gasteiger partial charge >= 0.3 is 0 Å². The second kappa shape index (κ2) is 8.95. The molecule has 152 valence electrons. The van der Waals surface area contributed by atoms with Crippen LogP contribution in [0.3, 0.4) is 0 Å². The molecule has 28 heavy (non-hydrogen) atoms. The van der Waals surface area contributed by atoms with E-state index in [1.165, 1.54) is 6.42 Å². The third-order valence-electron chi connectivity index (χ3n) is 6.20. The molecule has 2 N–H and O–H groups in total. The Bertz CT molecular complexity index is 681. The van der Waals surface area contributed by atoms with Gasteiger partial charge in [0.1, 0.15) is 5.75 Å². The van der Waals surface area contributed by atoms with Gasteiger partial charge in [0.05, 0.1) is 12.1 Å². The van der Waals surface area contributed by atoms with E-state index in [2.05, 4.69) is 10.6 Å². The van der Waals surface area contributed by atoms with Gasteiger partial charge < -0.3 is 20.3 Å². The lowest BCUT2D eigenvalue weighted by molar-refractivity contribution is -0.123. The third kappa shape index (κ3) is 4.66. The summed E-state index contributed by atoms with van der Waals surface area (Å²) in [6.07, 6.45) is 7.86. The van der Waals surface area contributed by atoms with E-state index in [-0.39, 0.29) is 17.9 Å². The van der Waals surface area contributed by atoms with E-state index >= 15 is 0 Å². The number of carbonyl (C=O) groups is 2. The largest absolute Gasteiger partial charge is 0.490 e. The number of nitrogens with zero attached hydrogens (tertiary/aromatic N) is 1. The number of likely N-dealkylation sites (tertiary alicyclic amines) is 1. The highest BCUT2D eigenvalue weighted by atomic mass is 16.5. The Labute approximate surface area is 167 Å². The van der Waals surface area contributed by atoms with Crippen molar-refractivity contribution >= 4 is 11.8 Å². The predicted molar refractivity (Wildman–Crippen MR) is 107 cm³/mol. The molecule has 0 aromatic heterocycles. The Morgan fingerprint density at radius 2 is 1.89 bits per heavy atom. The summed E-state index contributed by atoms with van der Waals surface area (Å²) in [5.41, 5.74) is 0.709. The fourth-order valence-electron chi connectivity index (χ4n) is 4.23. The van der Waals surface area contributed by atoms with E-state index < -0.39 is 0 Å². The number of piperidine rings is 1. The molecule has 2 unspecified atom stereocenters. The minimum atomic E-state index is -0.0398. The van der Waals surface area contributed by atoms with Gasteiger partial charge in [-0.15, -0.1) is 0 Å². The number of benzene rings is 1. The predicted octanol–water partition coefficient (Wildman–Crippen LogP) is 2.34. The number of rotatable bonds is 6. The lowest BCUT2D eigenvalue weighted by Gasteiger charge is -2.33. The average Bonchev–Trinajstić information content (AvgIpc) is 3.24. The van der Waals surface area contributed by atoms with Crippen molar-refractivity contribution in [2.45, 2.75) is 57.1 Å². The van der Waals surface area contributed by atoms with Crippen molar-refractivity contribution in [2.75, 3.05) is 26.2 Å². The first-order valence-corrected chi connectivity index (χ1v) is 10.8. The summed E-state index contributed by atoms with van der Waals surface area (Å²) in [7, 11) is 0. The molecule has 3 fully saturated rings. The van der Waals surface area contributed by atoms with Crippen LogP contribution in [-0.2, 0) is 4.79 Å². The fourth-order valence-corrected chi connectivity index (χ4v) is 4.23. The molecule has 2 atom stereocenters. The Balaban J connectivity index is 1.27. The number of hydrogen-bond donors (Lipinski definition) is 2. The van der Waals surface area contributed by atoms with Gasteiger partial charge in [-0.05, 0) is 81.7 Å². The maximum atomic E-state index is 12.9. The molecule has 6 heteroatoms. The smallest absolute Gasteiger partial charge is 0.253 e. The monoisotopic (exact) mass is 385 g/mol. The molecule has 1 saturated carbocycles. The van der Waals surface area contributed by atoms with Crippen LogP contribution in [0.1, 0.15) is 55.3 Å². The van der Waals surface area contributed by atoms with Gasteiger partial charge in [0.25, 0.3) is 5.91 Å². The van der Waals surface area contributed by atoms with E-state index in [4.69, 9.17) is 4.74 Å². The average molecular weight is 386 g/mol. The zero-order valence-electron chi connectivity index (χ0n) is 16.5. The van der Waals surface area contributed by atoms with E-state index in [1.54, 1.807) is 0 Å². The molecule has 0 bridgehead atoms. The van der Waals surface area contributed by atoms with E-state index in [1.807, 2.05) is 29.2 Å². The minimum Gasteiger partial charge on any atom is -0.490 e. The van der Waals surface area contributed by atoms with Gasteiger partial charge in [-0.25, -0.2) is 0 Å². The first-order chi connectivity index (χ1) is 13.7. The van der Waals surface area contributed by atoms with Crippen molar-refractivity contribution in [1.29, 1.82) is 0 Å². The maximum Gasteiger partial charge on any atom is 0.253 e. The van der Waals surface area contributed by atoms with Crippen LogP contribution in [0.25, 0.3) is 0 Å². The molecule has 1 aromatic carbocycles. The van der Waals surface area contributed by atoms with Gasteiger partial charge in [0.2, 0.25) is 5.91 Å². The summed E-state index contributed by atoms with van der Waals surface area (Å²) in [6.45, 7) is 3.06. The maximum absolute atomic E-state index is 12.9. The number of amides is 2. The van der Waals surface area contributed by atoms with Crippen molar-refractivity contribution < 1.29 is 14.3 Å². The SMILES string of the molecule is O=C(NCC1CCCN(C(=O)c2ccc(OC3CCC3)cc2)C1)C1CCCN1. The number of nitrogens with one attached hydrogen (secondary N) is 2. The van der Waals surface area contributed by atoms with Gasteiger partial charge in [0, 0.05) is 25.2 Å². The van der Waals surface area contributed by atoms with Crippen molar-refractivity contribution in [3.63, 3.8) is 0 Å². The Hall–Kier alpha value is -2.08. The molecule has 1 aliphatic carbocycles. The van der Waals surface area contributed by atoms with E-state index in [9.17, 15) is 9.59 Å². The normalized spacial score (nSPS) is 25.2. The van der Waals surface area contributed by atoms with Gasteiger partial charge in [-0.3, -0.25) is 9.59 Å². The zero-order chi connectivity index (χ0) is 19.3. The molecular formula is C22H31N3O3. The van der Waals surface area contributed by atoms with Crippen LogP contribution < -0.4 is 15.4 Å². The summed E-state index contributed by atoms with van der Waals surface area (Å²) in [5, 5.41) is 6.30. The highest BCUT2D eigenvalue weighted by molar-refractivity contribution is 5.94. The molecule has 0 spiro atoms. The summed E-state index contributed by atoms with van der Waals surface area (Å²) in [5.74, 6) is 1.34. The standard InChI is InChI=1S/C22H31N3O3/c26-21(20-7-2-12-23-20)24-14-16-4-3-13-25(15-16)22(27)17-8-10-19(11-9-17)28-18-5-1-6-18/h8-11,16,18,20,23H,1-7,12-15H2,(H,24,26). The second-order valence-corrected chi connectivity index (χ2v) is 8.35. The van der Waals surface area contributed by atoms with E-state index in [0.717, 1.165) is 57.4 Å². The molecule has 2 heterocycles. The molecule has 1 aromatic rings. The van der Waals surface area contributed by atoms with Crippen LogP contribution in [-0.4, -0.2) is 55.0 Å². The first kappa shape index (κ1) is 19.2. The Kier molecular flexibility index (Phi) is 6.15. The summed E-state index contributed by atoms with van der Waals surface area (Å²) in [6, 6.07) is 7.51. The number of carbonyl (C=O) groups excluding carboxylic acids is 2. The van der Waals surface area contributed by atoms with Crippen molar-refractivity contribution in [2.24, 2.45) is 5.92 Å². The fraction of sp³-hybridized carbons (Fsp3) is 0.636. The van der Waals surface area contributed by atoms with Crippen LogP contribution in [0.5, 0.6) is 5.75 Å². The Morgan fingerprint density at radius 3 is 2.57 bits per heavy atom. The van der Waals surface area contributed by atoms with Crippen LogP contribution >= 0.6 is 0 Å². The van der Waals surface area contributed by atoms with Crippen molar-refractivity contribution in [3.05, 3.63) is 29.8 Å². The highest BCUT2D eigenvalue weighted by Crippen LogP contribution is 2.26. The number of ether oxygens (including phenoxy) is 1. The summed E-state index contributed by atoms with van der Waals surface area (Å²) in [4.78, 5) is 27.0. The topological polar surface area (TPSA) is 70.7 Å². The van der Waals surface area contributed by atoms with Crippen LogP contribution in [0.4, 0.5) is 0 Å². The van der Waals surface area contributed by atoms with Gasteiger partial charge in [0.15, 0.2) is 0 Å². The lowest BCUT2D eigenvalue weighted by Crippen LogP contribution is -2.46. The Morgan fingerprint density at radius 1 is 1.07 bits per heavy atom. The second-order valence-electron chi connectivity index (χ2n) is 8.35. The number of hydrogen-bond acceptors (Lipinski definition) is 4. The summed E-state index contributed by atoms with van der Waals surface area (Å²) >= 11 is 0.